The minimum absolute atomic E-state index is 0.0694. The van der Waals surface area contributed by atoms with Crippen LogP contribution in [0, 0.1) is 11.7 Å². The van der Waals surface area contributed by atoms with E-state index in [1.165, 1.54) is 18.9 Å². The van der Waals surface area contributed by atoms with E-state index in [9.17, 15) is 4.39 Å². The highest BCUT2D eigenvalue weighted by atomic mass is 19.1. The summed E-state index contributed by atoms with van der Waals surface area (Å²) in [4.78, 5) is 0. The molecular weight excluding hydrogens is 253 g/mol. The Labute approximate surface area is 121 Å². The monoisotopic (exact) mass is 279 g/mol. The molecule has 1 aliphatic rings. The van der Waals surface area contributed by atoms with Gasteiger partial charge in [0.15, 0.2) is 0 Å². The van der Waals surface area contributed by atoms with Gasteiger partial charge in [-0.3, -0.25) is 0 Å². The lowest BCUT2D eigenvalue weighted by Crippen LogP contribution is -2.28. The average molecular weight is 279 g/mol. The summed E-state index contributed by atoms with van der Waals surface area (Å²) in [5.41, 5.74) is 0.925. The molecule has 20 heavy (non-hydrogen) atoms. The van der Waals surface area contributed by atoms with Gasteiger partial charge in [-0.2, -0.15) is 0 Å². The number of ether oxygens (including phenoxy) is 1. The van der Waals surface area contributed by atoms with Crippen LogP contribution in [0.5, 0.6) is 0 Å². The van der Waals surface area contributed by atoms with Crippen LogP contribution in [0.1, 0.15) is 51.7 Å². The van der Waals surface area contributed by atoms with Crippen molar-refractivity contribution in [3.63, 3.8) is 0 Å². The molecule has 0 aliphatic heterocycles. The number of nitrogens with one attached hydrogen (secondary N) is 1. The molecule has 2 atom stereocenters. The number of rotatable bonds is 8. The maximum absolute atomic E-state index is 13.4. The van der Waals surface area contributed by atoms with Crippen LogP contribution < -0.4 is 5.32 Å². The van der Waals surface area contributed by atoms with Gasteiger partial charge < -0.3 is 10.1 Å². The molecule has 1 aromatic carbocycles. The van der Waals surface area contributed by atoms with E-state index in [0.717, 1.165) is 18.5 Å². The van der Waals surface area contributed by atoms with Crippen molar-refractivity contribution in [2.24, 2.45) is 5.92 Å². The summed E-state index contributed by atoms with van der Waals surface area (Å²) < 4.78 is 19.6. The Morgan fingerprint density at radius 3 is 2.65 bits per heavy atom. The van der Waals surface area contributed by atoms with Crippen molar-refractivity contribution in [2.45, 2.75) is 58.3 Å². The molecule has 1 N–H and O–H groups in total. The van der Waals surface area contributed by atoms with Gasteiger partial charge in [-0.05, 0) is 49.8 Å². The van der Waals surface area contributed by atoms with Crippen LogP contribution in [0.2, 0.25) is 0 Å². The van der Waals surface area contributed by atoms with Crippen molar-refractivity contribution in [3.05, 3.63) is 35.6 Å². The van der Waals surface area contributed by atoms with E-state index in [4.69, 9.17) is 4.74 Å². The van der Waals surface area contributed by atoms with E-state index in [1.54, 1.807) is 12.1 Å². The van der Waals surface area contributed by atoms with Crippen molar-refractivity contribution in [1.29, 1.82) is 0 Å². The lowest BCUT2D eigenvalue weighted by atomic mass is 10.1. The molecular formula is C17H26FNO. The van der Waals surface area contributed by atoms with E-state index in [2.05, 4.69) is 26.1 Å². The summed E-state index contributed by atoms with van der Waals surface area (Å²) in [7, 11) is 0. The highest BCUT2D eigenvalue weighted by molar-refractivity contribution is 5.19. The van der Waals surface area contributed by atoms with E-state index >= 15 is 0 Å². The summed E-state index contributed by atoms with van der Waals surface area (Å²) in [5.74, 6) is 0.411. The van der Waals surface area contributed by atoms with Gasteiger partial charge in [0.2, 0.25) is 0 Å². The fourth-order valence-electron chi connectivity index (χ4n) is 2.51. The van der Waals surface area contributed by atoms with Crippen LogP contribution in [-0.4, -0.2) is 18.7 Å². The third-order valence-electron chi connectivity index (χ3n) is 3.59. The average Bonchev–Trinajstić information content (AvgIpc) is 3.17. The zero-order valence-corrected chi connectivity index (χ0v) is 12.7. The van der Waals surface area contributed by atoms with Gasteiger partial charge in [-0.25, -0.2) is 4.39 Å². The summed E-state index contributed by atoms with van der Waals surface area (Å²) in [6.45, 7) is 7.25. The molecule has 0 saturated heterocycles. The largest absolute Gasteiger partial charge is 0.369 e. The van der Waals surface area contributed by atoms with Gasteiger partial charge in [0.1, 0.15) is 5.82 Å². The van der Waals surface area contributed by atoms with Gasteiger partial charge in [-0.15, -0.1) is 0 Å². The Balaban J connectivity index is 1.98. The Morgan fingerprint density at radius 2 is 2.05 bits per heavy atom. The highest BCUT2D eigenvalue weighted by Gasteiger charge is 2.24. The van der Waals surface area contributed by atoms with Crippen LogP contribution in [0.15, 0.2) is 24.3 Å². The first-order chi connectivity index (χ1) is 9.54. The molecule has 0 radical (unpaired) electrons. The molecule has 0 aromatic heterocycles. The van der Waals surface area contributed by atoms with Crippen LogP contribution in [0.3, 0.4) is 0 Å². The molecule has 1 saturated carbocycles. The Hall–Kier alpha value is -0.930. The molecule has 1 fully saturated rings. The first-order valence-electron chi connectivity index (χ1n) is 7.69. The third-order valence-corrected chi connectivity index (χ3v) is 3.59. The quantitative estimate of drug-likeness (QED) is 0.774. The van der Waals surface area contributed by atoms with E-state index in [0.29, 0.717) is 12.0 Å². The second-order valence-electron chi connectivity index (χ2n) is 6.30. The van der Waals surface area contributed by atoms with Gasteiger partial charge in [-0.1, -0.05) is 26.0 Å². The van der Waals surface area contributed by atoms with Crippen molar-refractivity contribution in [3.8, 4) is 0 Å². The van der Waals surface area contributed by atoms with Gasteiger partial charge >= 0.3 is 0 Å². The molecule has 1 aromatic rings. The normalized spacial score (nSPS) is 18.2. The zero-order valence-electron chi connectivity index (χ0n) is 12.7. The molecule has 0 amide bonds. The molecule has 3 heteroatoms. The molecule has 1 aliphatic carbocycles. The van der Waals surface area contributed by atoms with E-state index in [-0.39, 0.29) is 18.0 Å². The molecule has 0 heterocycles. The van der Waals surface area contributed by atoms with Crippen LogP contribution >= 0.6 is 0 Å². The second-order valence-corrected chi connectivity index (χ2v) is 6.30. The number of halogens is 1. The molecule has 2 rings (SSSR count). The smallest absolute Gasteiger partial charge is 0.123 e. The van der Waals surface area contributed by atoms with Crippen molar-refractivity contribution >= 4 is 0 Å². The maximum Gasteiger partial charge on any atom is 0.123 e. The SMILES string of the molecule is CC(C)CC(C)OC(CNC1CC1)c1cccc(F)c1. The molecule has 2 nitrogen and oxygen atoms in total. The standard InChI is InChI=1S/C17H26FNO/c1-12(2)9-13(3)20-17(11-19-16-7-8-16)14-5-4-6-15(18)10-14/h4-6,10,12-13,16-17,19H,7-9,11H2,1-3H3. The number of hydrogen-bond donors (Lipinski definition) is 1. The number of benzene rings is 1. The summed E-state index contributed by atoms with van der Waals surface area (Å²) in [6, 6.07) is 7.40. The lowest BCUT2D eigenvalue weighted by molar-refractivity contribution is -0.0129. The number of hydrogen-bond acceptors (Lipinski definition) is 2. The fourth-order valence-corrected chi connectivity index (χ4v) is 2.51. The van der Waals surface area contributed by atoms with Crippen molar-refractivity contribution < 1.29 is 9.13 Å². The third kappa shape index (κ3) is 5.22. The first-order valence-corrected chi connectivity index (χ1v) is 7.69. The molecule has 0 bridgehead atoms. The van der Waals surface area contributed by atoms with Crippen LogP contribution in [0.4, 0.5) is 4.39 Å². The minimum atomic E-state index is -0.195. The summed E-state index contributed by atoms with van der Waals surface area (Å²) in [6.07, 6.45) is 3.63. The second kappa shape index (κ2) is 7.19. The maximum atomic E-state index is 13.4. The Bertz CT molecular complexity index is 417. The Morgan fingerprint density at radius 1 is 1.30 bits per heavy atom. The van der Waals surface area contributed by atoms with Gasteiger partial charge in [0, 0.05) is 12.6 Å². The fraction of sp³-hybridized carbons (Fsp3) is 0.647. The zero-order chi connectivity index (χ0) is 14.5. The lowest BCUT2D eigenvalue weighted by Gasteiger charge is -2.24. The van der Waals surface area contributed by atoms with Gasteiger partial charge in [0.05, 0.1) is 12.2 Å². The van der Waals surface area contributed by atoms with Crippen molar-refractivity contribution in [1.82, 2.24) is 5.32 Å². The summed E-state index contributed by atoms with van der Waals surface area (Å²) in [5, 5.41) is 3.49. The predicted molar refractivity (Wildman–Crippen MR) is 80.2 cm³/mol. The van der Waals surface area contributed by atoms with Crippen LogP contribution in [-0.2, 0) is 4.74 Å². The van der Waals surface area contributed by atoms with Gasteiger partial charge in [0.25, 0.3) is 0 Å². The molecule has 0 spiro atoms. The van der Waals surface area contributed by atoms with E-state index < -0.39 is 0 Å². The topological polar surface area (TPSA) is 21.3 Å². The van der Waals surface area contributed by atoms with Crippen LogP contribution in [0.25, 0.3) is 0 Å². The van der Waals surface area contributed by atoms with Crippen molar-refractivity contribution in [2.75, 3.05) is 6.54 Å². The Kier molecular flexibility index (Phi) is 5.55. The predicted octanol–water partition coefficient (Wildman–Crippen LogP) is 4.07. The molecule has 112 valence electrons. The first kappa shape index (κ1) is 15.5. The van der Waals surface area contributed by atoms with E-state index in [1.807, 2.05) is 6.07 Å². The molecule has 2 unspecified atom stereocenters. The minimum Gasteiger partial charge on any atom is -0.369 e. The summed E-state index contributed by atoms with van der Waals surface area (Å²) >= 11 is 0. The highest BCUT2D eigenvalue weighted by Crippen LogP contribution is 2.24.